The van der Waals surface area contributed by atoms with Gasteiger partial charge in [0.2, 0.25) is 5.28 Å². The van der Waals surface area contributed by atoms with Crippen molar-refractivity contribution in [1.29, 1.82) is 0 Å². The van der Waals surface area contributed by atoms with E-state index in [-0.39, 0.29) is 11.4 Å². The molecule has 0 aliphatic carbocycles. The lowest BCUT2D eigenvalue weighted by Crippen LogP contribution is -2.40. The van der Waals surface area contributed by atoms with Crippen molar-refractivity contribution in [2.75, 3.05) is 6.54 Å². The van der Waals surface area contributed by atoms with Crippen LogP contribution in [0.25, 0.3) is 0 Å². The van der Waals surface area contributed by atoms with Gasteiger partial charge < -0.3 is 9.64 Å². The fourth-order valence-corrected chi connectivity index (χ4v) is 1.80. The Bertz CT molecular complexity index is 473. The minimum atomic E-state index is -0.499. The molecule has 0 aromatic carbocycles. The van der Waals surface area contributed by atoms with Crippen molar-refractivity contribution < 1.29 is 9.53 Å². The van der Waals surface area contributed by atoms with E-state index in [2.05, 4.69) is 15.2 Å². The number of nitrogens with zero attached hydrogens (tertiary/aromatic N) is 4. The Balaban J connectivity index is 2.08. The number of ether oxygens (including phenoxy) is 1. The standard InChI is InChI=1S/C11H15ClN4O2/c1-11(2,3)18-10(17)16-5-4-7-8(6-16)14-15-9(12)13-7/h4-6H2,1-3H3. The van der Waals surface area contributed by atoms with Crippen LogP contribution in [-0.2, 0) is 17.7 Å². The largest absolute Gasteiger partial charge is 0.444 e. The molecule has 2 rings (SSSR count). The minimum absolute atomic E-state index is 0.138. The first-order valence-corrected chi connectivity index (χ1v) is 6.09. The quantitative estimate of drug-likeness (QED) is 0.719. The summed E-state index contributed by atoms with van der Waals surface area (Å²) in [6.45, 7) is 6.43. The van der Waals surface area contributed by atoms with Crippen LogP contribution in [0.2, 0.25) is 5.28 Å². The maximum absolute atomic E-state index is 11.9. The van der Waals surface area contributed by atoms with Crippen molar-refractivity contribution in [1.82, 2.24) is 20.1 Å². The molecule has 1 aromatic heterocycles. The van der Waals surface area contributed by atoms with E-state index in [0.29, 0.717) is 25.2 Å². The van der Waals surface area contributed by atoms with Crippen LogP contribution in [0.4, 0.5) is 4.79 Å². The fourth-order valence-electron chi connectivity index (χ4n) is 1.66. The Labute approximate surface area is 110 Å². The molecule has 0 bridgehead atoms. The summed E-state index contributed by atoms with van der Waals surface area (Å²) in [6.07, 6.45) is 0.272. The molecule has 0 atom stereocenters. The summed E-state index contributed by atoms with van der Waals surface area (Å²) < 4.78 is 5.31. The van der Waals surface area contributed by atoms with Gasteiger partial charge in [0.15, 0.2) is 0 Å². The van der Waals surface area contributed by atoms with E-state index in [9.17, 15) is 4.79 Å². The molecule has 6 nitrogen and oxygen atoms in total. The Morgan fingerprint density at radius 1 is 1.33 bits per heavy atom. The first kappa shape index (κ1) is 13.0. The second-order valence-electron chi connectivity index (χ2n) is 5.13. The van der Waals surface area contributed by atoms with Crippen LogP contribution in [-0.4, -0.2) is 38.3 Å². The van der Waals surface area contributed by atoms with Crippen molar-refractivity contribution in [3.63, 3.8) is 0 Å². The van der Waals surface area contributed by atoms with E-state index in [0.717, 1.165) is 5.69 Å². The molecule has 2 heterocycles. The molecule has 0 fully saturated rings. The van der Waals surface area contributed by atoms with Crippen molar-refractivity contribution >= 4 is 17.7 Å². The molecule has 7 heteroatoms. The number of aromatic nitrogens is 3. The first-order chi connectivity index (χ1) is 8.35. The van der Waals surface area contributed by atoms with Crippen molar-refractivity contribution in [3.05, 3.63) is 16.7 Å². The SMILES string of the molecule is CC(C)(C)OC(=O)N1CCc2nc(Cl)nnc2C1. The highest BCUT2D eigenvalue weighted by Crippen LogP contribution is 2.18. The normalized spacial score (nSPS) is 15.2. The van der Waals surface area contributed by atoms with E-state index in [4.69, 9.17) is 16.3 Å². The van der Waals surface area contributed by atoms with Crippen LogP contribution in [0.3, 0.4) is 0 Å². The van der Waals surface area contributed by atoms with Crippen LogP contribution < -0.4 is 0 Å². The predicted molar refractivity (Wildman–Crippen MR) is 65.2 cm³/mol. The van der Waals surface area contributed by atoms with Gasteiger partial charge in [0.25, 0.3) is 0 Å². The van der Waals surface area contributed by atoms with Gasteiger partial charge in [0.1, 0.15) is 11.3 Å². The van der Waals surface area contributed by atoms with Crippen LogP contribution >= 0.6 is 11.6 Å². The zero-order valence-corrected chi connectivity index (χ0v) is 11.4. The highest BCUT2D eigenvalue weighted by Gasteiger charge is 2.27. The Morgan fingerprint density at radius 2 is 2.06 bits per heavy atom. The average molecular weight is 271 g/mol. The summed E-state index contributed by atoms with van der Waals surface area (Å²) in [5.74, 6) is 0. The van der Waals surface area contributed by atoms with Crippen LogP contribution in [0.5, 0.6) is 0 Å². The van der Waals surface area contributed by atoms with E-state index < -0.39 is 5.60 Å². The van der Waals surface area contributed by atoms with Gasteiger partial charge in [-0.15, -0.1) is 10.2 Å². The molecule has 1 aromatic rings. The van der Waals surface area contributed by atoms with Crippen molar-refractivity contribution in [2.24, 2.45) is 0 Å². The smallest absolute Gasteiger partial charge is 0.410 e. The summed E-state index contributed by atoms with van der Waals surface area (Å²) in [6, 6.07) is 0. The third kappa shape index (κ3) is 3.07. The molecule has 1 aliphatic rings. The highest BCUT2D eigenvalue weighted by molar-refractivity contribution is 6.28. The topological polar surface area (TPSA) is 68.2 Å². The number of hydrogen-bond acceptors (Lipinski definition) is 5. The monoisotopic (exact) mass is 270 g/mol. The van der Waals surface area contributed by atoms with Crippen LogP contribution in [0.15, 0.2) is 0 Å². The number of rotatable bonds is 0. The maximum atomic E-state index is 11.9. The lowest BCUT2D eigenvalue weighted by atomic mass is 10.1. The van der Waals surface area contributed by atoms with Gasteiger partial charge in [-0.1, -0.05) is 0 Å². The third-order valence-electron chi connectivity index (χ3n) is 2.42. The Morgan fingerprint density at radius 3 is 2.72 bits per heavy atom. The highest BCUT2D eigenvalue weighted by atomic mass is 35.5. The lowest BCUT2D eigenvalue weighted by molar-refractivity contribution is 0.0219. The maximum Gasteiger partial charge on any atom is 0.410 e. The van der Waals surface area contributed by atoms with Gasteiger partial charge >= 0.3 is 6.09 Å². The van der Waals surface area contributed by atoms with Gasteiger partial charge in [-0.25, -0.2) is 9.78 Å². The Kier molecular flexibility index (Phi) is 3.38. The summed E-state index contributed by atoms with van der Waals surface area (Å²) in [5.41, 5.74) is 0.979. The third-order valence-corrected chi connectivity index (χ3v) is 2.58. The fraction of sp³-hybridized carbons (Fsp3) is 0.636. The number of carbonyl (C=O) groups is 1. The molecule has 98 valence electrons. The summed E-state index contributed by atoms with van der Waals surface area (Å²) >= 11 is 5.67. The molecular formula is C11H15ClN4O2. The van der Waals surface area contributed by atoms with Crippen LogP contribution in [0, 0.1) is 0 Å². The number of hydrogen-bond donors (Lipinski definition) is 0. The number of amides is 1. The predicted octanol–water partition coefficient (Wildman–Crippen LogP) is 1.82. The van der Waals surface area contributed by atoms with Gasteiger partial charge in [-0.3, -0.25) is 0 Å². The lowest BCUT2D eigenvalue weighted by Gasteiger charge is -2.29. The van der Waals surface area contributed by atoms with Crippen molar-refractivity contribution in [3.8, 4) is 0 Å². The summed E-state index contributed by atoms with van der Waals surface area (Å²) in [7, 11) is 0. The zero-order valence-electron chi connectivity index (χ0n) is 10.6. The van der Waals surface area contributed by atoms with Crippen LogP contribution in [0.1, 0.15) is 32.2 Å². The van der Waals surface area contributed by atoms with E-state index >= 15 is 0 Å². The molecule has 0 saturated heterocycles. The molecule has 0 saturated carbocycles. The average Bonchev–Trinajstić information content (AvgIpc) is 2.26. The zero-order chi connectivity index (χ0) is 13.3. The molecule has 0 radical (unpaired) electrons. The summed E-state index contributed by atoms with van der Waals surface area (Å²) in [5, 5.41) is 7.78. The molecule has 0 spiro atoms. The number of halogens is 1. The van der Waals surface area contributed by atoms with Gasteiger partial charge in [0, 0.05) is 13.0 Å². The Hall–Kier alpha value is -1.43. The molecule has 0 unspecified atom stereocenters. The van der Waals surface area contributed by atoms with E-state index in [1.54, 1.807) is 4.90 Å². The molecule has 1 aliphatic heterocycles. The van der Waals surface area contributed by atoms with E-state index in [1.165, 1.54) is 0 Å². The van der Waals surface area contributed by atoms with Gasteiger partial charge in [0.05, 0.1) is 12.2 Å². The molecule has 18 heavy (non-hydrogen) atoms. The molecular weight excluding hydrogens is 256 g/mol. The van der Waals surface area contributed by atoms with E-state index in [1.807, 2.05) is 20.8 Å². The minimum Gasteiger partial charge on any atom is -0.444 e. The molecule has 1 amide bonds. The summed E-state index contributed by atoms with van der Waals surface area (Å²) in [4.78, 5) is 17.6. The first-order valence-electron chi connectivity index (χ1n) is 5.71. The van der Waals surface area contributed by atoms with Gasteiger partial charge in [-0.2, -0.15) is 0 Å². The van der Waals surface area contributed by atoms with Gasteiger partial charge in [-0.05, 0) is 32.4 Å². The number of fused-ring (bicyclic) bond motifs is 1. The number of carbonyl (C=O) groups excluding carboxylic acids is 1. The van der Waals surface area contributed by atoms with Crippen molar-refractivity contribution in [2.45, 2.75) is 39.3 Å². The second kappa shape index (κ2) is 4.68. The molecule has 0 N–H and O–H groups in total. The second-order valence-corrected chi connectivity index (χ2v) is 5.46.